The number of ether oxygens (including phenoxy) is 1. The van der Waals surface area contributed by atoms with Crippen molar-refractivity contribution in [2.45, 2.75) is 52.0 Å². The Balaban J connectivity index is 1.33. The van der Waals surface area contributed by atoms with Gasteiger partial charge in [0.25, 0.3) is 5.91 Å². The van der Waals surface area contributed by atoms with Crippen LogP contribution in [0.15, 0.2) is 76.5 Å². The molecule has 0 radical (unpaired) electrons. The molecule has 1 aromatic heterocycles. The van der Waals surface area contributed by atoms with Gasteiger partial charge in [0.1, 0.15) is 17.4 Å². The van der Waals surface area contributed by atoms with Crippen molar-refractivity contribution in [1.29, 1.82) is 5.41 Å². The van der Waals surface area contributed by atoms with Gasteiger partial charge in [-0.25, -0.2) is 0 Å². The molecule has 0 spiro atoms. The molecule has 2 aromatic carbocycles. The van der Waals surface area contributed by atoms with Crippen LogP contribution in [0.5, 0.6) is 5.75 Å². The fraction of sp³-hybridized carbons (Fsp3) is 0.310. The Labute approximate surface area is 221 Å². The van der Waals surface area contributed by atoms with E-state index in [-0.39, 0.29) is 11.4 Å². The Morgan fingerprint density at radius 2 is 1.81 bits per heavy atom. The van der Waals surface area contributed by atoms with E-state index in [4.69, 9.17) is 10.1 Å². The van der Waals surface area contributed by atoms with E-state index in [1.54, 1.807) is 6.08 Å². The van der Waals surface area contributed by atoms with Crippen LogP contribution in [-0.4, -0.2) is 38.1 Å². The highest BCUT2D eigenvalue weighted by molar-refractivity contribution is 8.26. The van der Waals surface area contributed by atoms with Gasteiger partial charge in [0.2, 0.25) is 5.17 Å². The summed E-state index contributed by atoms with van der Waals surface area (Å²) in [5.41, 5.74) is 2.17. The zero-order valence-corrected chi connectivity index (χ0v) is 21.8. The van der Waals surface area contributed by atoms with Crippen LogP contribution >= 0.6 is 11.8 Å². The van der Waals surface area contributed by atoms with Gasteiger partial charge in [0, 0.05) is 22.7 Å². The van der Waals surface area contributed by atoms with Crippen LogP contribution < -0.4 is 4.74 Å². The van der Waals surface area contributed by atoms with Crippen molar-refractivity contribution in [2.24, 2.45) is 10.1 Å². The topological polar surface area (TPSA) is 83.0 Å². The van der Waals surface area contributed by atoms with Crippen molar-refractivity contribution in [3.63, 3.8) is 0 Å². The van der Waals surface area contributed by atoms with E-state index in [0.717, 1.165) is 40.1 Å². The van der Waals surface area contributed by atoms with Crippen LogP contribution in [0.2, 0.25) is 0 Å². The summed E-state index contributed by atoms with van der Waals surface area (Å²) in [5, 5.41) is 17.3. The molecule has 0 saturated heterocycles. The summed E-state index contributed by atoms with van der Waals surface area (Å²) in [7, 11) is 0. The average molecular weight is 514 g/mol. The molecule has 5 rings (SSSR count). The van der Waals surface area contributed by atoms with E-state index < -0.39 is 5.91 Å². The molecule has 7 nitrogen and oxygen atoms in total. The summed E-state index contributed by atoms with van der Waals surface area (Å²) < 4.78 is 8.01. The average Bonchev–Trinajstić information content (AvgIpc) is 3.48. The van der Waals surface area contributed by atoms with E-state index >= 15 is 0 Å². The number of hydrazone groups is 1. The van der Waals surface area contributed by atoms with Crippen molar-refractivity contribution in [3.05, 3.63) is 71.9 Å². The normalized spacial score (nSPS) is 16.4. The third kappa shape index (κ3) is 5.69. The summed E-state index contributed by atoms with van der Waals surface area (Å²) >= 11 is 1.41. The Morgan fingerprint density at radius 1 is 1.03 bits per heavy atom. The summed E-state index contributed by atoms with van der Waals surface area (Å²) in [5.74, 6) is 0.515. The number of fused-ring (bicyclic) bond motifs is 2. The quantitative estimate of drug-likeness (QED) is 0.228. The third-order valence-corrected chi connectivity index (χ3v) is 7.42. The lowest BCUT2D eigenvalue weighted by atomic mass is 10.1. The SMILES string of the molecule is CCCCCCCC1=NN2C(=N)C(=Cc3cn(CCOc4ccccc4)c4ccccc34)C(=O)N=C2S1. The molecule has 0 atom stereocenters. The fourth-order valence-corrected chi connectivity index (χ4v) is 5.45. The fourth-order valence-electron chi connectivity index (χ4n) is 4.52. The predicted molar refractivity (Wildman–Crippen MR) is 152 cm³/mol. The minimum absolute atomic E-state index is 0.0766. The van der Waals surface area contributed by atoms with E-state index in [9.17, 15) is 4.79 Å². The van der Waals surface area contributed by atoms with Crippen LogP contribution in [0, 0.1) is 5.41 Å². The number of rotatable bonds is 11. The molecule has 0 unspecified atom stereocenters. The number of aromatic nitrogens is 1. The van der Waals surface area contributed by atoms with Gasteiger partial charge in [0.05, 0.1) is 12.1 Å². The van der Waals surface area contributed by atoms with Crippen LogP contribution in [0.25, 0.3) is 17.0 Å². The van der Waals surface area contributed by atoms with Crippen LogP contribution in [0.4, 0.5) is 0 Å². The highest BCUT2D eigenvalue weighted by Crippen LogP contribution is 2.31. The zero-order valence-electron chi connectivity index (χ0n) is 21.0. The molecule has 2 aliphatic heterocycles. The van der Waals surface area contributed by atoms with Gasteiger partial charge in [-0.3, -0.25) is 10.2 Å². The smallest absolute Gasteiger partial charge is 0.283 e. The second-order valence-electron chi connectivity index (χ2n) is 9.13. The largest absolute Gasteiger partial charge is 0.492 e. The number of hydrogen-bond acceptors (Lipinski definition) is 5. The lowest BCUT2D eigenvalue weighted by Gasteiger charge is -2.20. The number of para-hydroxylation sites is 2. The number of amidine groups is 2. The third-order valence-electron chi connectivity index (χ3n) is 6.45. The molecule has 0 saturated carbocycles. The van der Waals surface area contributed by atoms with E-state index in [0.29, 0.717) is 18.3 Å². The Bertz CT molecular complexity index is 1390. The van der Waals surface area contributed by atoms with Crippen molar-refractivity contribution in [1.82, 2.24) is 9.58 Å². The number of aliphatic imine (C=N–C) groups is 1. The van der Waals surface area contributed by atoms with Gasteiger partial charge >= 0.3 is 0 Å². The molecule has 2 aliphatic rings. The minimum atomic E-state index is -0.396. The molecule has 37 heavy (non-hydrogen) atoms. The van der Waals surface area contributed by atoms with Gasteiger partial charge in [-0.1, -0.05) is 69.0 Å². The predicted octanol–water partition coefficient (Wildman–Crippen LogP) is 6.70. The number of amides is 1. The summed E-state index contributed by atoms with van der Waals surface area (Å²) in [6.07, 6.45) is 10.6. The first-order chi connectivity index (χ1) is 18.1. The Morgan fingerprint density at radius 3 is 2.65 bits per heavy atom. The number of carbonyl (C=O) groups excluding carboxylic acids is 1. The highest BCUT2D eigenvalue weighted by Gasteiger charge is 2.35. The Kier molecular flexibility index (Phi) is 7.84. The molecule has 1 N–H and O–H groups in total. The monoisotopic (exact) mass is 513 g/mol. The molecule has 8 heteroatoms. The lowest BCUT2D eigenvalue weighted by molar-refractivity contribution is -0.114. The second-order valence-corrected chi connectivity index (χ2v) is 10.2. The zero-order chi connectivity index (χ0) is 25.6. The van der Waals surface area contributed by atoms with Gasteiger partial charge in [-0.05, 0) is 48.9 Å². The van der Waals surface area contributed by atoms with Crippen LogP contribution in [0.1, 0.15) is 51.0 Å². The molecular weight excluding hydrogens is 482 g/mol. The molecule has 1 amide bonds. The number of unbranched alkanes of at least 4 members (excludes halogenated alkanes) is 4. The Hall–Kier alpha value is -3.65. The van der Waals surface area contributed by atoms with E-state index in [1.807, 2.05) is 54.7 Å². The first-order valence-corrected chi connectivity index (χ1v) is 13.7. The number of nitrogens with one attached hydrogen (secondary N) is 1. The number of hydrogen-bond donors (Lipinski definition) is 1. The van der Waals surface area contributed by atoms with Gasteiger partial charge in [0.15, 0.2) is 5.84 Å². The van der Waals surface area contributed by atoms with Gasteiger partial charge in [-0.2, -0.15) is 15.1 Å². The first kappa shape index (κ1) is 25.0. The number of thioether (sulfide) groups is 1. The minimum Gasteiger partial charge on any atom is -0.492 e. The molecule has 3 aromatic rings. The van der Waals surface area contributed by atoms with E-state index in [1.165, 1.54) is 42.5 Å². The van der Waals surface area contributed by atoms with Crippen LogP contribution in [-0.2, 0) is 11.3 Å². The highest BCUT2D eigenvalue weighted by atomic mass is 32.2. The van der Waals surface area contributed by atoms with Crippen molar-refractivity contribution in [2.75, 3.05) is 6.61 Å². The second kappa shape index (κ2) is 11.6. The maximum atomic E-state index is 12.9. The lowest BCUT2D eigenvalue weighted by Crippen LogP contribution is -2.35. The maximum Gasteiger partial charge on any atom is 0.283 e. The summed E-state index contributed by atoms with van der Waals surface area (Å²) in [6.45, 7) is 3.38. The number of nitrogens with zero attached hydrogens (tertiary/aromatic N) is 4. The first-order valence-electron chi connectivity index (χ1n) is 12.9. The van der Waals surface area contributed by atoms with Crippen molar-refractivity contribution < 1.29 is 9.53 Å². The molecule has 0 bridgehead atoms. The number of benzene rings is 2. The van der Waals surface area contributed by atoms with Gasteiger partial charge < -0.3 is 9.30 Å². The molecular formula is C29H31N5O2S. The molecule has 3 heterocycles. The maximum absolute atomic E-state index is 12.9. The molecule has 0 aliphatic carbocycles. The molecule has 190 valence electrons. The van der Waals surface area contributed by atoms with E-state index in [2.05, 4.69) is 27.7 Å². The molecule has 0 fully saturated rings. The van der Waals surface area contributed by atoms with Gasteiger partial charge in [-0.15, -0.1) is 0 Å². The van der Waals surface area contributed by atoms with Crippen molar-refractivity contribution >= 4 is 50.7 Å². The summed E-state index contributed by atoms with van der Waals surface area (Å²) in [6, 6.07) is 17.8. The standard InChI is InChI=1S/C29H31N5O2S/c1-2-3-4-5-9-16-26-32-34-27(30)24(28(35)31-29(34)37-26)19-21-20-33(25-15-11-10-14-23(21)25)17-18-36-22-12-7-6-8-13-22/h6-8,10-15,19-20,30H,2-5,9,16-18H2,1H3. The van der Waals surface area contributed by atoms with Crippen molar-refractivity contribution in [3.8, 4) is 5.75 Å². The summed E-state index contributed by atoms with van der Waals surface area (Å²) in [4.78, 5) is 17.2. The van der Waals surface area contributed by atoms with Crippen LogP contribution in [0.3, 0.4) is 0 Å². The number of carbonyl (C=O) groups is 1.